The summed E-state index contributed by atoms with van der Waals surface area (Å²) in [5, 5.41) is 11.7. The molecule has 0 aliphatic carbocycles. The Balaban J connectivity index is 1.67. The first-order chi connectivity index (χ1) is 12.5. The first-order valence-electron chi connectivity index (χ1n) is 8.05. The minimum atomic E-state index is -0.562. The van der Waals surface area contributed by atoms with Gasteiger partial charge in [-0.25, -0.2) is 0 Å². The highest BCUT2D eigenvalue weighted by molar-refractivity contribution is 6.30. The third-order valence-corrected chi connectivity index (χ3v) is 4.53. The zero-order valence-corrected chi connectivity index (χ0v) is 14.6. The largest absolute Gasteiger partial charge is 0.335 e. The van der Waals surface area contributed by atoms with Crippen molar-refractivity contribution in [3.8, 4) is 0 Å². The highest BCUT2D eigenvalue weighted by Crippen LogP contribution is 2.21. The number of benzene rings is 2. The summed E-state index contributed by atoms with van der Waals surface area (Å²) >= 11 is 5.83. The van der Waals surface area contributed by atoms with Gasteiger partial charge in [-0.05, 0) is 30.3 Å². The van der Waals surface area contributed by atoms with Gasteiger partial charge in [0.05, 0.1) is 4.92 Å². The number of carbonyl (C=O) groups excluding carboxylic acids is 2. The zero-order chi connectivity index (χ0) is 18.7. The molecule has 0 unspecified atom stereocenters. The second-order valence-corrected chi connectivity index (χ2v) is 6.30. The molecule has 0 N–H and O–H groups in total. The van der Waals surface area contributed by atoms with Crippen molar-refractivity contribution >= 4 is 29.1 Å². The van der Waals surface area contributed by atoms with E-state index in [1.165, 1.54) is 23.1 Å². The number of para-hydroxylation sites is 1. The van der Waals surface area contributed by atoms with Crippen LogP contribution in [0.2, 0.25) is 5.02 Å². The van der Waals surface area contributed by atoms with Crippen LogP contribution in [0.15, 0.2) is 48.5 Å². The molecule has 0 radical (unpaired) electrons. The van der Waals surface area contributed by atoms with Gasteiger partial charge in [0.25, 0.3) is 17.5 Å². The first kappa shape index (κ1) is 17.9. The van der Waals surface area contributed by atoms with Gasteiger partial charge in [0, 0.05) is 42.8 Å². The molecule has 0 saturated carbocycles. The number of piperazine rings is 1. The summed E-state index contributed by atoms with van der Waals surface area (Å²) < 4.78 is 0. The molecule has 1 heterocycles. The minimum Gasteiger partial charge on any atom is -0.335 e. The summed E-state index contributed by atoms with van der Waals surface area (Å²) in [6.45, 7) is 1.39. The SMILES string of the molecule is O=C(c1ccc(Cl)cc1)N1CCN(C(=O)c2ccccc2[N+](=O)[O-])CC1. The molecule has 2 aromatic carbocycles. The average molecular weight is 374 g/mol. The second kappa shape index (κ2) is 7.53. The lowest BCUT2D eigenvalue weighted by Crippen LogP contribution is -2.50. The predicted octanol–water partition coefficient (Wildman–Crippen LogP) is 2.85. The van der Waals surface area contributed by atoms with Crippen molar-refractivity contribution in [2.24, 2.45) is 0 Å². The lowest BCUT2D eigenvalue weighted by Gasteiger charge is -2.34. The highest BCUT2D eigenvalue weighted by Gasteiger charge is 2.28. The normalized spacial score (nSPS) is 14.2. The Hall–Kier alpha value is -2.93. The van der Waals surface area contributed by atoms with Crippen LogP contribution in [0.4, 0.5) is 5.69 Å². The van der Waals surface area contributed by atoms with Crippen LogP contribution in [0.25, 0.3) is 0 Å². The molecule has 8 heteroatoms. The molecule has 0 spiro atoms. The second-order valence-electron chi connectivity index (χ2n) is 5.87. The topological polar surface area (TPSA) is 83.8 Å². The van der Waals surface area contributed by atoms with E-state index in [9.17, 15) is 19.7 Å². The lowest BCUT2D eigenvalue weighted by molar-refractivity contribution is -0.385. The van der Waals surface area contributed by atoms with Crippen LogP contribution in [-0.2, 0) is 0 Å². The van der Waals surface area contributed by atoms with Gasteiger partial charge in [-0.3, -0.25) is 19.7 Å². The summed E-state index contributed by atoms with van der Waals surface area (Å²) in [7, 11) is 0. The fourth-order valence-corrected chi connectivity index (χ4v) is 3.00. The van der Waals surface area contributed by atoms with Gasteiger partial charge in [-0.2, -0.15) is 0 Å². The van der Waals surface area contributed by atoms with E-state index >= 15 is 0 Å². The molecule has 1 fully saturated rings. The summed E-state index contributed by atoms with van der Waals surface area (Å²) in [6.07, 6.45) is 0. The standard InChI is InChI=1S/C18H16ClN3O4/c19-14-7-5-13(6-8-14)17(23)20-9-11-21(12-10-20)18(24)15-3-1-2-4-16(15)22(25)26/h1-8H,9-12H2. The Morgan fingerprint density at radius 1 is 0.885 bits per heavy atom. The van der Waals surface area contributed by atoms with E-state index in [0.717, 1.165) is 0 Å². The van der Waals surface area contributed by atoms with Crippen LogP contribution < -0.4 is 0 Å². The van der Waals surface area contributed by atoms with Crippen LogP contribution in [0.5, 0.6) is 0 Å². The minimum absolute atomic E-state index is 0.0648. The van der Waals surface area contributed by atoms with Gasteiger partial charge in [-0.15, -0.1) is 0 Å². The van der Waals surface area contributed by atoms with E-state index in [1.54, 1.807) is 35.2 Å². The molecule has 0 aromatic heterocycles. The molecule has 2 aromatic rings. The first-order valence-corrected chi connectivity index (χ1v) is 8.42. The smallest absolute Gasteiger partial charge is 0.282 e. The fraction of sp³-hybridized carbons (Fsp3) is 0.222. The number of nitro groups is 1. The van der Waals surface area contributed by atoms with Crippen LogP contribution >= 0.6 is 11.6 Å². The monoisotopic (exact) mass is 373 g/mol. The van der Waals surface area contributed by atoms with Crippen LogP contribution in [-0.4, -0.2) is 52.7 Å². The Morgan fingerprint density at radius 2 is 1.42 bits per heavy atom. The number of hydrogen-bond donors (Lipinski definition) is 0. The van der Waals surface area contributed by atoms with Crippen molar-refractivity contribution in [1.29, 1.82) is 0 Å². The van der Waals surface area contributed by atoms with Crippen molar-refractivity contribution in [2.75, 3.05) is 26.2 Å². The van der Waals surface area contributed by atoms with Gasteiger partial charge in [0.1, 0.15) is 5.56 Å². The Labute approximate surface area is 154 Å². The van der Waals surface area contributed by atoms with Gasteiger partial charge >= 0.3 is 0 Å². The number of nitrogens with zero attached hydrogens (tertiary/aromatic N) is 3. The van der Waals surface area contributed by atoms with E-state index in [2.05, 4.69) is 0 Å². The van der Waals surface area contributed by atoms with E-state index in [-0.39, 0.29) is 17.2 Å². The predicted molar refractivity (Wildman–Crippen MR) is 96.4 cm³/mol. The number of amides is 2. The van der Waals surface area contributed by atoms with Crippen LogP contribution in [0.3, 0.4) is 0 Å². The van der Waals surface area contributed by atoms with Crippen molar-refractivity contribution in [3.63, 3.8) is 0 Å². The Bertz CT molecular complexity index is 846. The van der Waals surface area contributed by atoms with E-state index in [4.69, 9.17) is 11.6 Å². The molecular formula is C18H16ClN3O4. The number of carbonyl (C=O) groups is 2. The van der Waals surface area contributed by atoms with Gasteiger partial charge < -0.3 is 9.80 Å². The average Bonchev–Trinajstić information content (AvgIpc) is 2.67. The summed E-state index contributed by atoms with van der Waals surface area (Å²) in [5.74, 6) is -0.518. The summed E-state index contributed by atoms with van der Waals surface area (Å²) in [6, 6.07) is 12.5. The molecule has 3 rings (SSSR count). The zero-order valence-electron chi connectivity index (χ0n) is 13.8. The van der Waals surface area contributed by atoms with Gasteiger partial charge in [0.15, 0.2) is 0 Å². The molecule has 0 atom stereocenters. The number of rotatable bonds is 3. The number of halogens is 1. The maximum atomic E-state index is 12.6. The summed E-state index contributed by atoms with van der Waals surface area (Å²) in [5.41, 5.74) is 0.389. The van der Waals surface area contributed by atoms with Crippen molar-refractivity contribution < 1.29 is 14.5 Å². The van der Waals surface area contributed by atoms with E-state index in [1.807, 2.05) is 0 Å². The van der Waals surface area contributed by atoms with Crippen molar-refractivity contribution in [3.05, 3.63) is 74.8 Å². The molecule has 134 valence electrons. The maximum absolute atomic E-state index is 12.6. The van der Waals surface area contributed by atoms with Gasteiger partial charge in [-0.1, -0.05) is 23.7 Å². The third-order valence-electron chi connectivity index (χ3n) is 4.28. The number of hydrogen-bond acceptors (Lipinski definition) is 4. The molecule has 26 heavy (non-hydrogen) atoms. The number of nitro benzene ring substituents is 1. The highest BCUT2D eigenvalue weighted by atomic mass is 35.5. The molecule has 1 aliphatic rings. The van der Waals surface area contributed by atoms with Crippen LogP contribution in [0, 0.1) is 10.1 Å². The molecule has 0 bridgehead atoms. The Morgan fingerprint density at radius 3 is 2.00 bits per heavy atom. The molecule has 1 aliphatic heterocycles. The molecular weight excluding hydrogens is 358 g/mol. The van der Waals surface area contributed by atoms with Crippen molar-refractivity contribution in [2.45, 2.75) is 0 Å². The van der Waals surface area contributed by atoms with Crippen LogP contribution in [0.1, 0.15) is 20.7 Å². The third kappa shape index (κ3) is 3.67. The quantitative estimate of drug-likeness (QED) is 0.611. The maximum Gasteiger partial charge on any atom is 0.282 e. The molecule has 1 saturated heterocycles. The van der Waals surface area contributed by atoms with Gasteiger partial charge in [0.2, 0.25) is 0 Å². The molecule has 2 amide bonds. The van der Waals surface area contributed by atoms with E-state index < -0.39 is 10.8 Å². The van der Waals surface area contributed by atoms with E-state index in [0.29, 0.717) is 36.8 Å². The fourth-order valence-electron chi connectivity index (χ4n) is 2.87. The molecule has 7 nitrogen and oxygen atoms in total. The Kier molecular flexibility index (Phi) is 5.18. The van der Waals surface area contributed by atoms with Crippen molar-refractivity contribution in [1.82, 2.24) is 9.80 Å². The lowest BCUT2D eigenvalue weighted by atomic mass is 10.1. The summed E-state index contributed by atoms with van der Waals surface area (Å²) in [4.78, 5) is 38.8.